The van der Waals surface area contributed by atoms with Crippen LogP contribution in [0.2, 0.25) is 0 Å². The first-order valence-electron chi connectivity index (χ1n) is 11.0. The molecule has 0 unspecified atom stereocenters. The highest BCUT2D eigenvalue weighted by atomic mass is 16.5. The average Bonchev–Trinajstić information content (AvgIpc) is 3.35. The zero-order chi connectivity index (χ0) is 24.4. The molecule has 0 spiro atoms. The molecule has 35 heavy (non-hydrogen) atoms. The summed E-state index contributed by atoms with van der Waals surface area (Å²) in [7, 11) is 1.69. The van der Waals surface area contributed by atoms with Gasteiger partial charge in [-0.3, -0.25) is 14.5 Å². The first-order valence-corrected chi connectivity index (χ1v) is 11.0. The fraction of sp³-hybridized carbons (Fsp3) is 0.167. The van der Waals surface area contributed by atoms with Gasteiger partial charge in [-0.05, 0) is 38.1 Å². The van der Waals surface area contributed by atoms with Gasteiger partial charge in [0.2, 0.25) is 17.8 Å². The van der Waals surface area contributed by atoms with E-state index in [0.29, 0.717) is 34.8 Å². The Labute approximate surface area is 200 Å². The number of hydrogen-bond acceptors (Lipinski definition) is 9. The highest BCUT2D eigenvalue weighted by molar-refractivity contribution is 5.82. The van der Waals surface area contributed by atoms with Crippen LogP contribution in [0, 0.1) is 0 Å². The second-order valence-electron chi connectivity index (χ2n) is 8.14. The van der Waals surface area contributed by atoms with Crippen molar-refractivity contribution < 1.29 is 4.74 Å². The van der Waals surface area contributed by atoms with Crippen LogP contribution < -0.4 is 20.9 Å². The highest BCUT2D eigenvalue weighted by Gasteiger charge is 2.12. The Morgan fingerprint density at radius 1 is 1.06 bits per heavy atom. The van der Waals surface area contributed by atoms with Crippen LogP contribution in [-0.2, 0) is 7.05 Å². The largest absolute Gasteiger partial charge is 0.439 e. The molecule has 5 rings (SSSR count). The van der Waals surface area contributed by atoms with Crippen molar-refractivity contribution in [3.8, 4) is 22.9 Å². The van der Waals surface area contributed by atoms with Gasteiger partial charge in [-0.15, -0.1) is 0 Å². The molecule has 0 bridgehead atoms. The Kier molecular flexibility index (Phi) is 5.80. The zero-order valence-corrected chi connectivity index (χ0v) is 19.4. The van der Waals surface area contributed by atoms with E-state index in [1.54, 1.807) is 50.0 Å². The van der Waals surface area contributed by atoms with Crippen LogP contribution in [0.25, 0.3) is 22.2 Å². The predicted molar refractivity (Wildman–Crippen MR) is 133 cm³/mol. The van der Waals surface area contributed by atoms with Crippen molar-refractivity contribution in [1.82, 2.24) is 34.7 Å². The van der Waals surface area contributed by atoms with Crippen LogP contribution in [0.1, 0.15) is 13.8 Å². The van der Waals surface area contributed by atoms with E-state index in [4.69, 9.17) is 4.74 Å². The van der Waals surface area contributed by atoms with Gasteiger partial charge in [-0.1, -0.05) is 6.07 Å². The molecule has 11 heteroatoms. The topological polar surface area (TPSA) is 136 Å². The summed E-state index contributed by atoms with van der Waals surface area (Å²) in [5, 5.41) is 13.7. The molecule has 4 aromatic heterocycles. The molecule has 4 heterocycles. The van der Waals surface area contributed by atoms with Crippen molar-refractivity contribution in [1.29, 1.82) is 0 Å². The van der Waals surface area contributed by atoms with E-state index >= 15 is 0 Å². The third-order valence-electron chi connectivity index (χ3n) is 5.13. The fourth-order valence-electron chi connectivity index (χ4n) is 3.46. The van der Waals surface area contributed by atoms with Gasteiger partial charge in [-0.25, -0.2) is 15.0 Å². The molecule has 0 aliphatic carbocycles. The highest BCUT2D eigenvalue weighted by Crippen LogP contribution is 2.26. The van der Waals surface area contributed by atoms with E-state index in [0.717, 1.165) is 16.6 Å². The van der Waals surface area contributed by atoms with Gasteiger partial charge in [0.05, 0.1) is 28.7 Å². The van der Waals surface area contributed by atoms with Crippen LogP contribution in [0.15, 0.2) is 66.0 Å². The average molecular weight is 470 g/mol. The van der Waals surface area contributed by atoms with Crippen molar-refractivity contribution in [2.75, 3.05) is 10.6 Å². The Balaban J connectivity index is 1.38. The van der Waals surface area contributed by atoms with Gasteiger partial charge in [0.25, 0.3) is 5.56 Å². The summed E-state index contributed by atoms with van der Waals surface area (Å²) in [4.78, 5) is 30.5. The van der Waals surface area contributed by atoms with Crippen molar-refractivity contribution in [2.24, 2.45) is 7.05 Å². The first-order chi connectivity index (χ1) is 17.0. The molecule has 0 saturated carbocycles. The van der Waals surface area contributed by atoms with Crippen LogP contribution in [0.5, 0.6) is 11.6 Å². The molecular formula is C24H23N9O2. The second-order valence-corrected chi connectivity index (χ2v) is 8.14. The summed E-state index contributed by atoms with van der Waals surface area (Å²) in [6.45, 7) is 3.98. The maximum absolute atomic E-state index is 12.9. The first kappa shape index (κ1) is 22.0. The fourth-order valence-corrected chi connectivity index (χ4v) is 3.46. The number of H-pyrrole nitrogens is 1. The van der Waals surface area contributed by atoms with E-state index < -0.39 is 0 Å². The Bertz CT molecular complexity index is 1540. The summed E-state index contributed by atoms with van der Waals surface area (Å²) in [6.07, 6.45) is 6.49. The number of nitrogens with zero attached hydrogens (tertiary/aromatic N) is 6. The van der Waals surface area contributed by atoms with Crippen LogP contribution >= 0.6 is 0 Å². The Hall–Kier alpha value is -4.80. The second kappa shape index (κ2) is 9.21. The lowest BCUT2D eigenvalue weighted by molar-refractivity contribution is 0.463. The molecule has 0 atom stereocenters. The smallest absolute Gasteiger partial charge is 0.264 e. The SMILES string of the molecule is CC(C)Nc1ncc(-c2ccc3cc(Oc4ccnc(Nc5cn[nH]c5)n4)ccc3n2)c(=O)n1C. The summed E-state index contributed by atoms with van der Waals surface area (Å²) < 4.78 is 7.42. The quantitative estimate of drug-likeness (QED) is 0.324. The number of anilines is 3. The lowest BCUT2D eigenvalue weighted by atomic mass is 10.1. The monoisotopic (exact) mass is 469 g/mol. The van der Waals surface area contributed by atoms with E-state index in [-0.39, 0.29) is 11.6 Å². The number of nitrogens with one attached hydrogen (secondary N) is 3. The minimum atomic E-state index is -0.168. The third-order valence-corrected chi connectivity index (χ3v) is 5.13. The number of aromatic nitrogens is 7. The summed E-state index contributed by atoms with van der Waals surface area (Å²) in [6, 6.07) is 11.0. The predicted octanol–water partition coefficient (Wildman–Crippen LogP) is 3.86. The van der Waals surface area contributed by atoms with Gasteiger partial charge < -0.3 is 15.4 Å². The summed E-state index contributed by atoms with van der Waals surface area (Å²) in [5.74, 6) is 1.89. The van der Waals surface area contributed by atoms with Gasteiger partial charge in [-0.2, -0.15) is 10.1 Å². The van der Waals surface area contributed by atoms with Crippen molar-refractivity contribution in [2.45, 2.75) is 19.9 Å². The number of benzene rings is 1. The summed E-state index contributed by atoms with van der Waals surface area (Å²) in [5.41, 5.74) is 2.29. The lowest BCUT2D eigenvalue weighted by Crippen LogP contribution is -2.25. The molecular weight excluding hydrogens is 446 g/mol. The molecule has 0 saturated heterocycles. The number of aromatic amines is 1. The maximum Gasteiger partial charge on any atom is 0.264 e. The molecule has 3 N–H and O–H groups in total. The maximum atomic E-state index is 12.9. The van der Waals surface area contributed by atoms with Crippen molar-refractivity contribution >= 4 is 28.5 Å². The van der Waals surface area contributed by atoms with E-state index in [1.165, 1.54) is 4.57 Å². The molecule has 0 aliphatic heterocycles. The molecule has 0 aliphatic rings. The standard InChI is InChI=1S/C24H23N9O2/c1-14(2)29-24-26-13-18(22(34)33(24)3)20-6-4-15-10-17(5-7-19(15)31-20)35-21-8-9-25-23(32-21)30-16-11-27-28-12-16/h4-14H,1-3H3,(H,26,29)(H,27,28)(H,25,30,32). The van der Waals surface area contributed by atoms with E-state index in [9.17, 15) is 4.79 Å². The van der Waals surface area contributed by atoms with Gasteiger partial charge in [0, 0.05) is 43.1 Å². The number of rotatable bonds is 7. The molecule has 1 aromatic carbocycles. The summed E-state index contributed by atoms with van der Waals surface area (Å²) >= 11 is 0. The van der Waals surface area contributed by atoms with Gasteiger partial charge in [0.1, 0.15) is 5.75 Å². The minimum Gasteiger partial charge on any atom is -0.439 e. The van der Waals surface area contributed by atoms with Crippen LogP contribution in [-0.4, -0.2) is 40.7 Å². The zero-order valence-electron chi connectivity index (χ0n) is 19.4. The molecule has 0 amide bonds. The van der Waals surface area contributed by atoms with E-state index in [1.807, 2.05) is 32.0 Å². The molecule has 11 nitrogen and oxygen atoms in total. The van der Waals surface area contributed by atoms with Gasteiger partial charge in [0.15, 0.2) is 0 Å². The molecule has 5 aromatic rings. The number of fused-ring (bicyclic) bond motifs is 1. The number of ether oxygens (including phenoxy) is 1. The molecule has 0 fully saturated rings. The molecule has 176 valence electrons. The Morgan fingerprint density at radius 3 is 2.74 bits per heavy atom. The number of hydrogen-bond donors (Lipinski definition) is 3. The van der Waals surface area contributed by atoms with Gasteiger partial charge >= 0.3 is 0 Å². The Morgan fingerprint density at radius 2 is 1.94 bits per heavy atom. The lowest BCUT2D eigenvalue weighted by Gasteiger charge is -2.13. The number of pyridine rings is 1. The van der Waals surface area contributed by atoms with Crippen molar-refractivity contribution in [3.05, 3.63) is 71.5 Å². The molecule has 0 radical (unpaired) electrons. The van der Waals surface area contributed by atoms with Crippen molar-refractivity contribution in [3.63, 3.8) is 0 Å². The normalized spacial score (nSPS) is 11.1. The van der Waals surface area contributed by atoms with Crippen LogP contribution in [0.3, 0.4) is 0 Å². The third kappa shape index (κ3) is 4.78. The van der Waals surface area contributed by atoms with E-state index in [2.05, 4.69) is 40.8 Å². The van der Waals surface area contributed by atoms with Crippen LogP contribution in [0.4, 0.5) is 17.6 Å². The minimum absolute atomic E-state index is 0.163.